The number of carboxylic acids is 1. The smallest absolute Gasteiger partial charge is 0.335 e. The number of rotatable bonds is 4. The van der Waals surface area contributed by atoms with Gasteiger partial charge >= 0.3 is 5.97 Å². The fraction of sp³-hybridized carbons (Fsp3) is 0.263. The largest absolute Gasteiger partial charge is 0.478 e. The summed E-state index contributed by atoms with van der Waals surface area (Å²) in [4.78, 5) is 24.1. The number of sulfone groups is 1. The van der Waals surface area contributed by atoms with Gasteiger partial charge in [0.25, 0.3) is 0 Å². The van der Waals surface area contributed by atoms with Crippen molar-refractivity contribution in [2.24, 2.45) is 0 Å². The van der Waals surface area contributed by atoms with Gasteiger partial charge in [-0.2, -0.15) is 0 Å². The van der Waals surface area contributed by atoms with Crippen LogP contribution < -0.4 is 5.43 Å². The predicted molar refractivity (Wildman–Crippen MR) is 98.6 cm³/mol. The van der Waals surface area contributed by atoms with Crippen molar-refractivity contribution in [3.05, 3.63) is 51.7 Å². The van der Waals surface area contributed by atoms with Crippen molar-refractivity contribution in [2.45, 2.75) is 37.3 Å². The second-order valence-electron chi connectivity index (χ2n) is 6.37. The summed E-state index contributed by atoms with van der Waals surface area (Å²) < 4.78 is 31.3. The van der Waals surface area contributed by atoms with Gasteiger partial charge in [0.05, 0.1) is 21.6 Å². The highest BCUT2D eigenvalue weighted by Crippen LogP contribution is 2.29. The van der Waals surface area contributed by atoms with E-state index < -0.39 is 26.5 Å². The first-order valence-electron chi connectivity index (χ1n) is 8.17. The molecule has 0 bridgehead atoms. The Balaban J connectivity index is 2.52. The quantitative estimate of drug-likeness (QED) is 0.703. The number of hydrogen-bond donors (Lipinski definition) is 1. The molecule has 0 atom stereocenters. The van der Waals surface area contributed by atoms with E-state index in [-0.39, 0.29) is 32.4 Å². The Kier molecular flexibility index (Phi) is 4.36. The summed E-state index contributed by atoms with van der Waals surface area (Å²) >= 11 is 0. The van der Waals surface area contributed by atoms with E-state index in [9.17, 15) is 18.0 Å². The van der Waals surface area contributed by atoms with Gasteiger partial charge in [0.15, 0.2) is 15.4 Å². The van der Waals surface area contributed by atoms with Crippen LogP contribution in [0.15, 0.2) is 44.4 Å². The van der Waals surface area contributed by atoms with Crippen molar-refractivity contribution in [1.29, 1.82) is 0 Å². The SMILES string of the molecule is CCc1cc(S(=O)(=O)C(C)C)c2oc3ccc(C(=O)O)cc3c(=O)c2c1. The molecule has 0 aliphatic heterocycles. The van der Waals surface area contributed by atoms with Crippen molar-refractivity contribution in [2.75, 3.05) is 0 Å². The van der Waals surface area contributed by atoms with Crippen molar-refractivity contribution >= 4 is 37.7 Å². The molecule has 0 saturated carbocycles. The molecule has 0 amide bonds. The summed E-state index contributed by atoms with van der Waals surface area (Å²) in [5, 5.41) is 8.70. The van der Waals surface area contributed by atoms with E-state index in [2.05, 4.69) is 0 Å². The molecule has 0 unspecified atom stereocenters. The first-order valence-corrected chi connectivity index (χ1v) is 9.72. The third-order valence-corrected chi connectivity index (χ3v) is 6.54. The normalized spacial score (nSPS) is 12.2. The van der Waals surface area contributed by atoms with Crippen molar-refractivity contribution in [3.8, 4) is 0 Å². The zero-order chi connectivity index (χ0) is 19.2. The lowest BCUT2D eigenvalue weighted by Gasteiger charge is -2.12. The molecule has 26 heavy (non-hydrogen) atoms. The number of carboxylic acid groups (broad SMARTS) is 1. The van der Waals surface area contributed by atoms with E-state index in [1.165, 1.54) is 24.3 Å². The zero-order valence-electron chi connectivity index (χ0n) is 14.6. The number of carbonyl (C=O) groups is 1. The third kappa shape index (κ3) is 2.78. The van der Waals surface area contributed by atoms with Crippen LogP contribution in [0.1, 0.15) is 36.7 Å². The maximum atomic E-state index is 12.9. The molecule has 1 aromatic heterocycles. The van der Waals surface area contributed by atoms with E-state index in [1.54, 1.807) is 19.9 Å². The summed E-state index contributed by atoms with van der Waals surface area (Å²) in [6.07, 6.45) is 0.545. The molecule has 0 aliphatic carbocycles. The van der Waals surface area contributed by atoms with Gasteiger partial charge in [-0.25, -0.2) is 13.2 Å². The Morgan fingerprint density at radius 2 is 1.85 bits per heavy atom. The van der Waals surface area contributed by atoms with Gasteiger partial charge in [-0.1, -0.05) is 6.92 Å². The summed E-state index contributed by atoms with van der Waals surface area (Å²) in [6, 6.07) is 7.08. The lowest BCUT2D eigenvalue weighted by atomic mass is 10.1. The number of benzene rings is 2. The number of aryl methyl sites for hydroxylation is 1. The summed E-state index contributed by atoms with van der Waals surface area (Å²) in [6.45, 7) is 4.99. The summed E-state index contributed by atoms with van der Waals surface area (Å²) in [5.41, 5.74) is 0.372. The van der Waals surface area contributed by atoms with Crippen LogP contribution >= 0.6 is 0 Å². The summed E-state index contributed by atoms with van der Waals surface area (Å²) in [7, 11) is -3.67. The molecule has 1 heterocycles. The molecule has 0 saturated heterocycles. The Hall–Kier alpha value is -2.67. The van der Waals surface area contributed by atoms with Gasteiger partial charge in [-0.15, -0.1) is 0 Å². The minimum Gasteiger partial charge on any atom is -0.478 e. The molecule has 3 aromatic rings. The Morgan fingerprint density at radius 3 is 2.42 bits per heavy atom. The molecule has 0 radical (unpaired) electrons. The van der Waals surface area contributed by atoms with Crippen LogP contribution in [-0.2, 0) is 16.3 Å². The van der Waals surface area contributed by atoms with Crippen molar-refractivity contribution in [1.82, 2.24) is 0 Å². The minimum atomic E-state index is -3.67. The monoisotopic (exact) mass is 374 g/mol. The molecule has 0 fully saturated rings. The van der Waals surface area contributed by atoms with Gasteiger partial charge in [-0.3, -0.25) is 4.79 Å². The van der Waals surface area contributed by atoms with Crippen molar-refractivity contribution < 1.29 is 22.7 Å². The average molecular weight is 374 g/mol. The van der Waals surface area contributed by atoms with Crippen LogP contribution in [0.2, 0.25) is 0 Å². The number of hydrogen-bond acceptors (Lipinski definition) is 5. The highest BCUT2D eigenvalue weighted by atomic mass is 32.2. The first kappa shape index (κ1) is 18.1. The van der Waals surface area contributed by atoms with Crippen LogP contribution in [0.3, 0.4) is 0 Å². The number of fused-ring (bicyclic) bond motifs is 2. The summed E-state index contributed by atoms with van der Waals surface area (Å²) in [5.74, 6) is -1.16. The molecular formula is C19H18O6S. The van der Waals surface area contributed by atoms with Gasteiger partial charge in [0.2, 0.25) is 5.43 Å². The van der Waals surface area contributed by atoms with E-state index in [0.717, 1.165) is 0 Å². The zero-order valence-corrected chi connectivity index (χ0v) is 15.4. The van der Waals surface area contributed by atoms with E-state index in [0.29, 0.717) is 12.0 Å². The maximum absolute atomic E-state index is 12.9. The lowest BCUT2D eigenvalue weighted by molar-refractivity contribution is 0.0697. The highest BCUT2D eigenvalue weighted by Gasteiger charge is 2.25. The molecule has 0 spiro atoms. The topological polar surface area (TPSA) is 102 Å². The van der Waals surface area contributed by atoms with Crippen molar-refractivity contribution in [3.63, 3.8) is 0 Å². The molecule has 1 N–H and O–H groups in total. The molecule has 7 heteroatoms. The molecule has 3 rings (SSSR count). The van der Waals surface area contributed by atoms with Crippen LogP contribution in [0.25, 0.3) is 21.9 Å². The van der Waals surface area contributed by atoms with Gasteiger partial charge in [-0.05, 0) is 56.2 Å². The first-order chi connectivity index (χ1) is 12.2. The van der Waals surface area contributed by atoms with E-state index in [4.69, 9.17) is 9.52 Å². The Morgan fingerprint density at radius 1 is 1.15 bits per heavy atom. The van der Waals surface area contributed by atoms with Crippen LogP contribution in [0, 0.1) is 0 Å². The van der Waals surface area contributed by atoms with Crippen LogP contribution in [0.4, 0.5) is 0 Å². The van der Waals surface area contributed by atoms with Gasteiger partial charge in [0.1, 0.15) is 10.5 Å². The predicted octanol–water partition coefficient (Wildman–Crippen LogP) is 3.39. The fourth-order valence-corrected chi connectivity index (χ4v) is 4.02. The molecule has 136 valence electrons. The molecule has 6 nitrogen and oxygen atoms in total. The fourth-order valence-electron chi connectivity index (χ4n) is 2.79. The molecule has 2 aromatic carbocycles. The van der Waals surface area contributed by atoms with E-state index >= 15 is 0 Å². The van der Waals surface area contributed by atoms with E-state index in [1.807, 2.05) is 6.92 Å². The third-order valence-electron chi connectivity index (χ3n) is 4.38. The average Bonchev–Trinajstić information content (AvgIpc) is 2.60. The number of aromatic carboxylic acids is 1. The molecular weight excluding hydrogens is 356 g/mol. The van der Waals surface area contributed by atoms with Crippen LogP contribution in [-0.4, -0.2) is 24.7 Å². The minimum absolute atomic E-state index is 0.0106. The Labute approximate surface area is 150 Å². The lowest BCUT2D eigenvalue weighted by Crippen LogP contribution is -2.16. The second kappa shape index (κ2) is 6.25. The maximum Gasteiger partial charge on any atom is 0.335 e. The van der Waals surface area contributed by atoms with Gasteiger partial charge in [0, 0.05) is 0 Å². The second-order valence-corrected chi connectivity index (χ2v) is 8.84. The molecule has 0 aliphatic rings. The van der Waals surface area contributed by atoms with Gasteiger partial charge < -0.3 is 9.52 Å². The Bertz CT molecular complexity index is 1200. The standard InChI is InChI=1S/C19H18O6S/c1-4-11-7-14-17(20)13-9-12(19(21)22)5-6-15(13)25-18(14)16(8-11)26(23,24)10(2)3/h5-10H,4H2,1-3H3,(H,21,22). The highest BCUT2D eigenvalue weighted by molar-refractivity contribution is 7.92. The van der Waals surface area contributed by atoms with Crippen LogP contribution in [0.5, 0.6) is 0 Å².